The summed E-state index contributed by atoms with van der Waals surface area (Å²) in [6, 6.07) is 10.7. The molecule has 5 amide bonds. The molecule has 2 aliphatic rings. The summed E-state index contributed by atoms with van der Waals surface area (Å²) in [5.41, 5.74) is 9.59. The minimum Gasteiger partial charge on any atom is -0.490 e. The van der Waals surface area contributed by atoms with Crippen LogP contribution in [0.2, 0.25) is 5.02 Å². The minimum atomic E-state index is -0.945. The Morgan fingerprint density at radius 2 is 1.68 bits per heavy atom. The molecule has 3 aromatic rings. The zero-order valence-electron chi connectivity index (χ0n) is 37.7. The van der Waals surface area contributed by atoms with E-state index in [0.717, 1.165) is 40.1 Å². The lowest BCUT2D eigenvalue weighted by Gasteiger charge is -2.36. The SMILES string of the molecule is Cc1ncsc1-c1ccc([C@H](C)NC(=O)[C@@H]2C[C@@H](O)CN2C(=O)[C@@H](NC(=O)CN2CCC(c3cccc(OC[C@H](CCC(N)=O)NC(=O)OC(C)(C)C)c3Cl)CC2)C(C)(C)C)cc1. The number of carbonyl (C=O) groups is 5. The Hall–Kier alpha value is -4.77. The number of alkyl carbamates (subject to hydrolysis) is 1. The van der Waals surface area contributed by atoms with Crippen molar-refractivity contribution in [3.8, 4) is 16.2 Å². The molecule has 0 saturated carbocycles. The lowest BCUT2D eigenvalue weighted by Crippen LogP contribution is -2.59. The number of thiazole rings is 1. The van der Waals surface area contributed by atoms with Crippen molar-refractivity contribution in [1.29, 1.82) is 0 Å². The maximum atomic E-state index is 14.2. The van der Waals surface area contributed by atoms with Gasteiger partial charge in [0.1, 0.15) is 30.0 Å². The molecule has 2 aliphatic heterocycles. The Labute approximate surface area is 379 Å². The third kappa shape index (κ3) is 13.9. The summed E-state index contributed by atoms with van der Waals surface area (Å²) in [6.45, 7) is 16.0. The molecule has 2 aromatic carbocycles. The van der Waals surface area contributed by atoms with Crippen molar-refractivity contribution in [2.45, 2.75) is 129 Å². The second-order valence-electron chi connectivity index (χ2n) is 18.8. The van der Waals surface area contributed by atoms with Gasteiger partial charge in [-0.2, -0.15) is 0 Å². The molecule has 5 rings (SSSR count). The summed E-state index contributed by atoms with van der Waals surface area (Å²) in [5.74, 6) is -1.06. The van der Waals surface area contributed by atoms with Gasteiger partial charge in [0.15, 0.2) is 0 Å². The fourth-order valence-corrected chi connectivity index (χ4v) is 9.11. The predicted molar refractivity (Wildman–Crippen MR) is 243 cm³/mol. The molecule has 17 heteroatoms. The molecule has 6 N–H and O–H groups in total. The van der Waals surface area contributed by atoms with E-state index in [9.17, 15) is 29.1 Å². The number of benzene rings is 2. The molecule has 2 saturated heterocycles. The van der Waals surface area contributed by atoms with E-state index in [0.29, 0.717) is 23.9 Å². The van der Waals surface area contributed by atoms with Crippen LogP contribution >= 0.6 is 22.9 Å². The number of ether oxygens (including phenoxy) is 2. The summed E-state index contributed by atoms with van der Waals surface area (Å²) in [5, 5.41) is 19.9. The molecule has 3 heterocycles. The van der Waals surface area contributed by atoms with Gasteiger partial charge >= 0.3 is 6.09 Å². The quantitative estimate of drug-likeness (QED) is 0.116. The van der Waals surface area contributed by atoms with Gasteiger partial charge in [-0.05, 0) is 101 Å². The highest BCUT2D eigenvalue weighted by Crippen LogP contribution is 2.38. The molecule has 15 nitrogen and oxygen atoms in total. The second-order valence-corrected chi connectivity index (χ2v) is 20.0. The number of aliphatic hydroxyl groups is 1. The van der Waals surface area contributed by atoms with Crippen LogP contribution in [0.15, 0.2) is 48.0 Å². The molecule has 0 bridgehead atoms. The van der Waals surface area contributed by atoms with Crippen molar-refractivity contribution in [3.05, 3.63) is 69.8 Å². The average molecular weight is 911 g/mol. The van der Waals surface area contributed by atoms with Crippen molar-refractivity contribution in [2.24, 2.45) is 11.1 Å². The minimum absolute atomic E-state index is 0.0161. The van der Waals surface area contributed by atoms with Crippen LogP contribution in [0.1, 0.15) is 109 Å². The number of aliphatic hydroxyl groups excluding tert-OH is 1. The fraction of sp³-hybridized carbons (Fsp3) is 0.565. The Morgan fingerprint density at radius 3 is 2.29 bits per heavy atom. The van der Waals surface area contributed by atoms with E-state index in [1.807, 2.05) is 81.4 Å². The zero-order chi connectivity index (χ0) is 46.2. The zero-order valence-corrected chi connectivity index (χ0v) is 39.2. The van der Waals surface area contributed by atoms with Crippen LogP contribution in [-0.2, 0) is 23.9 Å². The van der Waals surface area contributed by atoms with Crippen LogP contribution in [0.3, 0.4) is 0 Å². The maximum Gasteiger partial charge on any atom is 0.407 e. The molecule has 0 radical (unpaired) electrons. The molecule has 0 spiro atoms. The number of carbonyl (C=O) groups excluding carboxylic acids is 5. The first-order chi connectivity index (χ1) is 29.6. The largest absolute Gasteiger partial charge is 0.490 e. The van der Waals surface area contributed by atoms with E-state index in [-0.39, 0.29) is 62.7 Å². The number of nitrogens with zero attached hydrogens (tertiary/aromatic N) is 3. The molecule has 63 heavy (non-hydrogen) atoms. The van der Waals surface area contributed by atoms with Gasteiger partial charge in [0.2, 0.25) is 23.6 Å². The number of aromatic nitrogens is 1. The summed E-state index contributed by atoms with van der Waals surface area (Å²) >= 11 is 8.47. The van der Waals surface area contributed by atoms with Crippen molar-refractivity contribution in [3.63, 3.8) is 0 Å². The highest BCUT2D eigenvalue weighted by Gasteiger charge is 2.45. The van der Waals surface area contributed by atoms with Gasteiger partial charge in [-0.3, -0.25) is 24.1 Å². The molecular formula is C46H64ClN7O8S. The number of nitrogens with one attached hydrogen (secondary N) is 3. The van der Waals surface area contributed by atoms with E-state index in [4.69, 9.17) is 26.8 Å². The van der Waals surface area contributed by atoms with Crippen LogP contribution < -0.4 is 26.4 Å². The fourth-order valence-electron chi connectivity index (χ4n) is 7.96. The summed E-state index contributed by atoms with van der Waals surface area (Å²) in [7, 11) is 0. The smallest absolute Gasteiger partial charge is 0.407 e. The molecular weight excluding hydrogens is 846 g/mol. The predicted octanol–water partition coefficient (Wildman–Crippen LogP) is 5.86. The normalized spacial score (nSPS) is 18.9. The van der Waals surface area contributed by atoms with Crippen LogP contribution in [0.4, 0.5) is 4.79 Å². The third-order valence-corrected chi connectivity index (χ3v) is 12.7. The standard InChI is InChI=1S/C46H64ClN7O8S/c1-27(29-12-14-31(15-13-29)40-28(2)49-26-63-40)50-42(58)35-22-33(55)23-54(35)43(59)41(45(3,4)5)52-38(57)24-53-20-18-30(19-21-53)34-10-9-11-36(39(34)47)61-25-32(16-17-37(48)56)51-44(60)62-46(6,7)8/h9-15,26-27,30,32-33,35,41,55H,16-25H2,1-8H3,(H2,48,56)(H,50,58)(H,51,60)(H,52,57)/t27-,32-,33+,35-,41+/m0/s1. The molecule has 0 unspecified atom stereocenters. The number of hydrogen-bond donors (Lipinski definition) is 5. The summed E-state index contributed by atoms with van der Waals surface area (Å²) in [4.78, 5) is 74.5. The highest BCUT2D eigenvalue weighted by molar-refractivity contribution is 7.13. The van der Waals surface area contributed by atoms with Gasteiger partial charge in [0.05, 0.1) is 45.8 Å². The topological polar surface area (TPSA) is 206 Å². The number of aryl methyl sites for hydroxylation is 1. The number of nitrogens with two attached hydrogens (primary N) is 1. The highest BCUT2D eigenvalue weighted by atomic mass is 35.5. The molecule has 5 atom stereocenters. The molecule has 0 aliphatic carbocycles. The van der Waals surface area contributed by atoms with Crippen molar-refractivity contribution >= 4 is 52.7 Å². The van der Waals surface area contributed by atoms with Gasteiger partial charge in [0, 0.05) is 19.4 Å². The van der Waals surface area contributed by atoms with Crippen molar-refractivity contribution in [2.75, 3.05) is 32.8 Å². The van der Waals surface area contributed by atoms with E-state index in [1.165, 1.54) is 4.90 Å². The molecule has 1 aromatic heterocycles. The number of likely N-dealkylation sites (tertiary alicyclic amines) is 2. The van der Waals surface area contributed by atoms with Gasteiger partial charge in [-0.25, -0.2) is 9.78 Å². The number of primary amides is 1. The Morgan fingerprint density at radius 1 is 1.00 bits per heavy atom. The molecule has 2 fully saturated rings. The number of rotatable bonds is 16. The first kappa shape index (κ1) is 49.2. The van der Waals surface area contributed by atoms with E-state index >= 15 is 0 Å². The van der Waals surface area contributed by atoms with Crippen LogP contribution in [-0.4, -0.2) is 112 Å². The Bertz CT molecular complexity index is 2080. The average Bonchev–Trinajstić information content (AvgIpc) is 3.82. The Balaban J connectivity index is 1.15. The second kappa shape index (κ2) is 21.3. The monoisotopic (exact) mass is 909 g/mol. The maximum absolute atomic E-state index is 14.2. The van der Waals surface area contributed by atoms with Crippen LogP contribution in [0.25, 0.3) is 10.4 Å². The first-order valence-corrected chi connectivity index (χ1v) is 22.9. The van der Waals surface area contributed by atoms with E-state index in [2.05, 4.69) is 20.9 Å². The number of piperidine rings is 1. The number of halogens is 1. The first-order valence-electron chi connectivity index (χ1n) is 21.6. The Kier molecular flexibility index (Phi) is 16.6. The van der Waals surface area contributed by atoms with Gasteiger partial charge < -0.3 is 41.2 Å². The number of amides is 5. The van der Waals surface area contributed by atoms with Crippen LogP contribution in [0.5, 0.6) is 5.75 Å². The van der Waals surface area contributed by atoms with Gasteiger partial charge in [-0.15, -0.1) is 11.3 Å². The van der Waals surface area contributed by atoms with E-state index < -0.39 is 53.2 Å². The lowest BCUT2D eigenvalue weighted by molar-refractivity contribution is -0.144. The van der Waals surface area contributed by atoms with E-state index in [1.54, 1.807) is 38.2 Å². The van der Waals surface area contributed by atoms with Crippen molar-refractivity contribution in [1.82, 2.24) is 30.7 Å². The van der Waals surface area contributed by atoms with Gasteiger partial charge in [-0.1, -0.05) is 68.8 Å². The lowest BCUT2D eigenvalue weighted by atomic mass is 9.85. The van der Waals surface area contributed by atoms with Crippen molar-refractivity contribution < 1.29 is 38.6 Å². The molecule has 344 valence electrons. The summed E-state index contributed by atoms with van der Waals surface area (Å²) < 4.78 is 11.5. The van der Waals surface area contributed by atoms with Crippen LogP contribution in [0, 0.1) is 12.3 Å². The summed E-state index contributed by atoms with van der Waals surface area (Å²) in [6.07, 6.45) is 0.323. The third-order valence-electron chi connectivity index (χ3n) is 11.3. The van der Waals surface area contributed by atoms with Gasteiger partial charge in [0.25, 0.3) is 0 Å². The number of β-amino-alcohol motifs (C(OH)–C–C–N with tert-alkyl or cyclic N) is 1. The number of hydrogen-bond acceptors (Lipinski definition) is 11.